The maximum absolute atomic E-state index is 13.9. The Morgan fingerprint density at radius 1 is 1.43 bits per heavy atom. The summed E-state index contributed by atoms with van der Waals surface area (Å²) >= 11 is 0. The monoisotopic (exact) mass is 296 g/mol. The summed E-state index contributed by atoms with van der Waals surface area (Å²) in [6, 6.07) is 2.57. The molecule has 3 atom stereocenters. The Bertz CT molecular complexity index is 738. The first kappa shape index (κ1) is 10.1. The van der Waals surface area contributed by atoms with Crippen LogP contribution in [0.2, 0.25) is 0 Å². The van der Waals surface area contributed by atoms with Crippen molar-refractivity contribution in [2.24, 2.45) is 0 Å². The molecule has 0 fully saturated rings. The Morgan fingerprint density at radius 3 is 3.10 bits per heavy atom. The van der Waals surface area contributed by atoms with Gasteiger partial charge in [0.25, 0.3) is 0 Å². The van der Waals surface area contributed by atoms with Gasteiger partial charge in [0.05, 0.1) is 24.7 Å². The highest BCUT2D eigenvalue weighted by molar-refractivity contribution is 5.43. The summed E-state index contributed by atoms with van der Waals surface area (Å²) in [5, 5.41) is 1.80. The van der Waals surface area contributed by atoms with Gasteiger partial charge in [0.15, 0.2) is 0 Å². The minimum atomic E-state index is -2.76. The topological polar surface area (TPSA) is 24.5 Å². The molecule has 1 heterocycles. The maximum atomic E-state index is 13.9. The third-order valence-corrected chi connectivity index (χ3v) is 3.86. The zero-order chi connectivity index (χ0) is 18.4. The number of halogens is 1. The standard InChI is InChI=1S/C17H21FN2O/c1-12-17-13(4-3-5-16(17)21-2)10-11-20(12)19-15-8-6-14(18)7-9-15/h3-9,12,14-15,19H,10-11H2,1-2H3/i6T,8T,14T,15T. The van der Waals surface area contributed by atoms with Crippen molar-refractivity contribution in [1.82, 2.24) is 10.4 Å². The third kappa shape index (κ3) is 2.87. The van der Waals surface area contributed by atoms with Gasteiger partial charge in [-0.15, -0.1) is 0 Å². The summed E-state index contributed by atoms with van der Waals surface area (Å²) in [6.45, 7) is 2.56. The van der Waals surface area contributed by atoms with Gasteiger partial charge in [-0.3, -0.25) is 0 Å². The summed E-state index contributed by atoms with van der Waals surface area (Å²) < 4.78 is 50.8. The molecule has 3 nitrogen and oxygen atoms in total. The van der Waals surface area contributed by atoms with E-state index in [1.54, 1.807) is 12.1 Å². The van der Waals surface area contributed by atoms with Crippen LogP contribution >= 0.6 is 0 Å². The van der Waals surface area contributed by atoms with Gasteiger partial charge < -0.3 is 4.74 Å². The largest absolute Gasteiger partial charge is 0.496 e. The van der Waals surface area contributed by atoms with Crippen LogP contribution in [0.15, 0.2) is 42.5 Å². The van der Waals surface area contributed by atoms with Crippen molar-refractivity contribution in [1.29, 1.82) is 0 Å². The van der Waals surface area contributed by atoms with Crippen LogP contribution in [0.1, 0.15) is 29.6 Å². The quantitative estimate of drug-likeness (QED) is 0.868. The Kier molecular flexibility index (Phi) is 2.90. The van der Waals surface area contributed by atoms with Gasteiger partial charge in [0.2, 0.25) is 0 Å². The molecule has 1 aliphatic carbocycles. The second kappa shape index (κ2) is 6.00. The molecule has 0 saturated heterocycles. The molecule has 0 bridgehead atoms. The molecular weight excluding hydrogens is 267 g/mol. The number of alkyl halides is 1. The van der Waals surface area contributed by atoms with Crippen molar-refractivity contribution >= 4 is 0 Å². The van der Waals surface area contributed by atoms with Crippen LogP contribution in [0.5, 0.6) is 5.75 Å². The molecule has 4 heteroatoms. The molecule has 21 heavy (non-hydrogen) atoms. The average molecular weight is 296 g/mol. The second-order valence-corrected chi connectivity index (χ2v) is 5.11. The molecule has 2 aliphatic rings. The molecule has 3 rings (SSSR count). The van der Waals surface area contributed by atoms with E-state index in [0.717, 1.165) is 29.9 Å². The van der Waals surface area contributed by atoms with Gasteiger partial charge in [0.1, 0.15) is 11.9 Å². The van der Waals surface area contributed by atoms with E-state index in [-0.39, 0.29) is 6.04 Å². The van der Waals surface area contributed by atoms with Crippen LogP contribution in [0, 0.1) is 0 Å². The summed E-state index contributed by atoms with van der Waals surface area (Å²) in [5.74, 6) is 0.756. The molecule has 0 saturated carbocycles. The van der Waals surface area contributed by atoms with Gasteiger partial charge in [-0.05, 0) is 37.1 Å². The van der Waals surface area contributed by atoms with Crippen LogP contribution in [0.4, 0.5) is 4.39 Å². The van der Waals surface area contributed by atoms with Crippen molar-refractivity contribution in [2.45, 2.75) is 31.6 Å². The first-order valence-corrected chi connectivity index (χ1v) is 6.97. The van der Waals surface area contributed by atoms with Crippen molar-refractivity contribution in [3.8, 4) is 5.75 Å². The number of hydrazine groups is 1. The molecule has 3 unspecified atom stereocenters. The molecule has 1 aromatic carbocycles. The van der Waals surface area contributed by atoms with Gasteiger partial charge in [-0.2, -0.15) is 0 Å². The average Bonchev–Trinajstić information content (AvgIpc) is 2.59. The van der Waals surface area contributed by atoms with Gasteiger partial charge in [0, 0.05) is 12.1 Å². The van der Waals surface area contributed by atoms with E-state index in [1.807, 2.05) is 25.1 Å². The fourth-order valence-corrected chi connectivity index (χ4v) is 2.79. The Hall–Kier alpha value is -1.65. The lowest BCUT2D eigenvalue weighted by Gasteiger charge is -2.38. The lowest BCUT2D eigenvalue weighted by atomic mass is 9.93. The van der Waals surface area contributed by atoms with Gasteiger partial charge >= 0.3 is 0 Å². The summed E-state index contributed by atoms with van der Waals surface area (Å²) in [5.41, 5.74) is 5.11. The number of nitrogens with one attached hydrogen (secondary N) is 1. The first-order valence-electron chi connectivity index (χ1n) is 8.97. The van der Waals surface area contributed by atoms with E-state index in [4.69, 9.17) is 10.2 Å². The van der Waals surface area contributed by atoms with Crippen LogP contribution in [-0.2, 0) is 6.42 Å². The van der Waals surface area contributed by atoms with Gasteiger partial charge in [-0.1, -0.05) is 24.3 Å². The number of ether oxygens (including phenoxy) is 1. The molecule has 1 aromatic rings. The molecule has 1 aliphatic heterocycles. The van der Waals surface area contributed by atoms with Crippen LogP contribution in [-0.4, -0.2) is 30.8 Å². The third-order valence-electron chi connectivity index (χ3n) is 3.86. The molecule has 0 aromatic heterocycles. The maximum Gasteiger partial charge on any atom is 0.137 e. The van der Waals surface area contributed by atoms with Crippen LogP contribution in [0.25, 0.3) is 0 Å². The molecule has 0 spiro atoms. The van der Waals surface area contributed by atoms with Gasteiger partial charge in [-0.25, -0.2) is 14.8 Å². The van der Waals surface area contributed by atoms with E-state index in [9.17, 15) is 4.39 Å². The number of hydrogen-bond donors (Lipinski definition) is 1. The second-order valence-electron chi connectivity index (χ2n) is 5.11. The highest BCUT2D eigenvalue weighted by atomic mass is 19.1. The van der Waals surface area contributed by atoms with E-state index < -0.39 is 24.3 Å². The van der Waals surface area contributed by atoms with E-state index in [2.05, 4.69) is 5.43 Å². The predicted octanol–water partition coefficient (Wildman–Crippen LogP) is 2.95. The lowest BCUT2D eigenvalue weighted by molar-refractivity contribution is 0.116. The minimum Gasteiger partial charge on any atom is -0.496 e. The normalized spacial score (nSPS) is 39.1. The minimum absolute atomic E-state index is 0.134. The lowest BCUT2D eigenvalue weighted by Crippen LogP contribution is -2.48. The smallest absolute Gasteiger partial charge is 0.137 e. The molecule has 0 radical (unpaired) electrons. The predicted molar refractivity (Wildman–Crippen MR) is 81.9 cm³/mol. The molecule has 0 amide bonds. The molecule has 1 N–H and O–H groups in total. The number of fused-ring (bicyclic) bond motifs is 1. The molecular formula is C17H21FN2O. The highest BCUT2D eigenvalue weighted by Gasteiger charge is 2.27. The summed E-state index contributed by atoms with van der Waals surface area (Å²) in [4.78, 5) is 0. The fourth-order valence-electron chi connectivity index (χ4n) is 2.79. The van der Waals surface area contributed by atoms with Crippen LogP contribution in [0.3, 0.4) is 0 Å². The highest BCUT2D eigenvalue weighted by Crippen LogP contribution is 2.35. The molecule has 112 valence electrons. The van der Waals surface area contributed by atoms with Crippen molar-refractivity contribution in [3.05, 3.63) is 53.6 Å². The van der Waals surface area contributed by atoms with Crippen molar-refractivity contribution in [2.75, 3.05) is 13.7 Å². The van der Waals surface area contributed by atoms with E-state index >= 15 is 0 Å². The zero-order valence-electron chi connectivity index (χ0n) is 16.1. The fraction of sp³-hybridized carbons (Fsp3) is 0.412. The first-order chi connectivity index (χ1) is 11.7. The summed E-state index contributed by atoms with van der Waals surface area (Å²) in [6.07, 6.45) is -0.0477. The Labute approximate surface area is 130 Å². The van der Waals surface area contributed by atoms with Crippen LogP contribution < -0.4 is 10.2 Å². The number of allylic oxidation sites excluding steroid dienone is 2. The van der Waals surface area contributed by atoms with E-state index in [0.29, 0.717) is 6.54 Å². The van der Waals surface area contributed by atoms with E-state index in [1.165, 1.54) is 5.56 Å². The van der Waals surface area contributed by atoms with Crippen molar-refractivity contribution in [3.63, 3.8) is 0 Å². The zero-order valence-corrected chi connectivity index (χ0v) is 12.1. The SMILES string of the molecule is [3H]C1=C([3H])C([3H])(NN2CCc3cccc(OC)c3C2C)C=CC1([3H])F. The number of nitrogens with zero attached hydrogens (tertiary/aromatic N) is 1. The number of hydrogen-bond acceptors (Lipinski definition) is 3. The Morgan fingerprint density at radius 2 is 2.29 bits per heavy atom. The number of rotatable bonds is 3. The van der Waals surface area contributed by atoms with Crippen molar-refractivity contribution < 1.29 is 14.6 Å². The summed E-state index contributed by atoms with van der Waals surface area (Å²) in [7, 11) is 1.61. The Balaban J connectivity index is 1.90. The number of benzene rings is 1. The number of methoxy groups -OCH3 is 1.